The van der Waals surface area contributed by atoms with Gasteiger partial charge in [-0.15, -0.1) is 11.6 Å². The highest BCUT2D eigenvalue weighted by molar-refractivity contribution is 6.16. The van der Waals surface area contributed by atoms with Crippen LogP contribution in [0.1, 0.15) is 5.89 Å². The van der Waals surface area contributed by atoms with E-state index in [1.54, 1.807) is 13.3 Å². The zero-order valence-corrected chi connectivity index (χ0v) is 8.99. The average Bonchev–Trinajstić information content (AvgIpc) is 2.77. The van der Waals surface area contributed by atoms with Crippen molar-refractivity contribution in [3.05, 3.63) is 36.4 Å². The predicted octanol–water partition coefficient (Wildman–Crippen LogP) is 3.09. The van der Waals surface area contributed by atoms with Crippen molar-refractivity contribution in [1.82, 2.24) is 4.98 Å². The predicted molar refractivity (Wildman–Crippen MR) is 58.0 cm³/mol. The van der Waals surface area contributed by atoms with Gasteiger partial charge in [0.05, 0.1) is 24.8 Å². The van der Waals surface area contributed by atoms with E-state index in [1.807, 2.05) is 24.3 Å². The van der Waals surface area contributed by atoms with E-state index in [1.165, 1.54) is 0 Å². The molecule has 78 valence electrons. The Hall–Kier alpha value is -1.48. The van der Waals surface area contributed by atoms with E-state index in [2.05, 4.69) is 4.98 Å². The molecule has 0 bridgehead atoms. The van der Waals surface area contributed by atoms with Crippen molar-refractivity contribution in [3.8, 4) is 17.1 Å². The summed E-state index contributed by atoms with van der Waals surface area (Å²) in [4.78, 5) is 4.03. The van der Waals surface area contributed by atoms with Gasteiger partial charge in [0.25, 0.3) is 0 Å². The number of benzene rings is 1. The summed E-state index contributed by atoms with van der Waals surface area (Å²) in [6.07, 6.45) is 1.65. The van der Waals surface area contributed by atoms with E-state index >= 15 is 0 Å². The maximum atomic E-state index is 5.61. The number of nitrogens with zero attached hydrogens (tertiary/aromatic N) is 1. The molecule has 1 aromatic heterocycles. The van der Waals surface area contributed by atoms with Crippen LogP contribution in [0.5, 0.6) is 5.75 Å². The highest BCUT2D eigenvalue weighted by atomic mass is 35.5. The Kier molecular flexibility index (Phi) is 2.92. The molecule has 0 spiro atoms. The number of ether oxygens (including phenoxy) is 1. The summed E-state index contributed by atoms with van der Waals surface area (Å²) in [5.74, 6) is 2.21. The Bertz CT molecular complexity index is 453. The number of hydrogen-bond donors (Lipinski definition) is 0. The lowest BCUT2D eigenvalue weighted by Gasteiger charge is -2.04. The standard InChI is InChI=1S/C11H10ClNO2/c1-14-9-5-3-2-4-8(9)10-7-13-11(6-12)15-10/h2-5,7H,6H2,1H3. The Morgan fingerprint density at radius 3 is 2.87 bits per heavy atom. The third kappa shape index (κ3) is 1.97. The first-order valence-corrected chi connectivity index (χ1v) is 5.02. The van der Waals surface area contributed by atoms with Gasteiger partial charge < -0.3 is 9.15 Å². The molecule has 0 atom stereocenters. The third-order valence-corrected chi connectivity index (χ3v) is 2.27. The molecule has 0 saturated heterocycles. The maximum Gasteiger partial charge on any atom is 0.209 e. The minimum Gasteiger partial charge on any atom is -0.496 e. The Labute approximate surface area is 92.6 Å². The highest BCUT2D eigenvalue weighted by Gasteiger charge is 2.09. The van der Waals surface area contributed by atoms with Gasteiger partial charge in [-0.25, -0.2) is 4.98 Å². The van der Waals surface area contributed by atoms with Crippen LogP contribution in [0.3, 0.4) is 0 Å². The molecule has 0 aliphatic heterocycles. The molecule has 0 aliphatic rings. The molecule has 2 aromatic rings. The average molecular weight is 224 g/mol. The van der Waals surface area contributed by atoms with Gasteiger partial charge in [-0.2, -0.15) is 0 Å². The van der Waals surface area contributed by atoms with Crippen molar-refractivity contribution < 1.29 is 9.15 Å². The van der Waals surface area contributed by atoms with Crippen LogP contribution in [-0.2, 0) is 5.88 Å². The molecular formula is C11H10ClNO2. The van der Waals surface area contributed by atoms with Crippen LogP contribution in [0.25, 0.3) is 11.3 Å². The van der Waals surface area contributed by atoms with Crippen molar-refractivity contribution >= 4 is 11.6 Å². The second-order valence-corrected chi connectivity index (χ2v) is 3.22. The van der Waals surface area contributed by atoms with Gasteiger partial charge >= 0.3 is 0 Å². The van der Waals surface area contributed by atoms with Crippen molar-refractivity contribution in [2.75, 3.05) is 7.11 Å². The first-order valence-electron chi connectivity index (χ1n) is 4.49. The fourth-order valence-electron chi connectivity index (χ4n) is 1.34. The number of rotatable bonds is 3. The Morgan fingerprint density at radius 1 is 1.40 bits per heavy atom. The highest BCUT2D eigenvalue weighted by Crippen LogP contribution is 2.29. The quantitative estimate of drug-likeness (QED) is 0.750. The van der Waals surface area contributed by atoms with E-state index in [9.17, 15) is 0 Å². The number of alkyl halides is 1. The van der Waals surface area contributed by atoms with Gasteiger partial charge in [0.2, 0.25) is 5.89 Å². The monoisotopic (exact) mass is 223 g/mol. The first kappa shape index (κ1) is 10.1. The van der Waals surface area contributed by atoms with E-state index in [-0.39, 0.29) is 5.88 Å². The summed E-state index contributed by atoms with van der Waals surface area (Å²) < 4.78 is 10.7. The lowest BCUT2D eigenvalue weighted by molar-refractivity contribution is 0.414. The molecule has 2 rings (SSSR count). The maximum absolute atomic E-state index is 5.61. The molecule has 0 unspecified atom stereocenters. The Morgan fingerprint density at radius 2 is 2.20 bits per heavy atom. The van der Waals surface area contributed by atoms with Crippen LogP contribution >= 0.6 is 11.6 Å². The van der Waals surface area contributed by atoms with Crippen LogP contribution < -0.4 is 4.74 Å². The fraction of sp³-hybridized carbons (Fsp3) is 0.182. The van der Waals surface area contributed by atoms with Gasteiger partial charge in [-0.1, -0.05) is 12.1 Å². The zero-order chi connectivity index (χ0) is 10.7. The molecule has 0 amide bonds. The van der Waals surface area contributed by atoms with E-state index in [0.29, 0.717) is 11.7 Å². The molecular weight excluding hydrogens is 214 g/mol. The molecule has 0 aliphatic carbocycles. The largest absolute Gasteiger partial charge is 0.496 e. The van der Waals surface area contributed by atoms with Gasteiger partial charge in [-0.3, -0.25) is 0 Å². The summed E-state index contributed by atoms with van der Waals surface area (Å²) in [6.45, 7) is 0. The first-order chi connectivity index (χ1) is 7.35. The lowest BCUT2D eigenvalue weighted by atomic mass is 10.1. The fourth-order valence-corrected chi connectivity index (χ4v) is 1.47. The van der Waals surface area contributed by atoms with E-state index < -0.39 is 0 Å². The molecule has 0 radical (unpaired) electrons. The Balaban J connectivity index is 2.44. The molecule has 0 fully saturated rings. The molecule has 0 saturated carbocycles. The van der Waals surface area contributed by atoms with Crippen LogP contribution in [-0.4, -0.2) is 12.1 Å². The smallest absolute Gasteiger partial charge is 0.209 e. The van der Waals surface area contributed by atoms with Crippen molar-refractivity contribution in [3.63, 3.8) is 0 Å². The van der Waals surface area contributed by atoms with Gasteiger partial charge in [0.15, 0.2) is 5.76 Å². The van der Waals surface area contributed by atoms with Gasteiger partial charge in [0, 0.05) is 0 Å². The van der Waals surface area contributed by atoms with Crippen LogP contribution in [0.2, 0.25) is 0 Å². The van der Waals surface area contributed by atoms with Crippen molar-refractivity contribution in [2.24, 2.45) is 0 Å². The summed E-state index contributed by atoms with van der Waals surface area (Å²) in [5.41, 5.74) is 0.879. The topological polar surface area (TPSA) is 35.3 Å². The molecule has 4 heteroatoms. The zero-order valence-electron chi connectivity index (χ0n) is 8.24. The number of para-hydroxylation sites is 1. The summed E-state index contributed by atoms with van der Waals surface area (Å²) >= 11 is 5.61. The van der Waals surface area contributed by atoms with Gasteiger partial charge in [0.1, 0.15) is 5.75 Å². The van der Waals surface area contributed by atoms with Crippen LogP contribution in [0.15, 0.2) is 34.9 Å². The minimum absolute atomic E-state index is 0.273. The van der Waals surface area contributed by atoms with E-state index in [4.69, 9.17) is 20.8 Å². The number of halogens is 1. The number of aromatic nitrogens is 1. The van der Waals surface area contributed by atoms with Crippen LogP contribution in [0.4, 0.5) is 0 Å². The van der Waals surface area contributed by atoms with Gasteiger partial charge in [-0.05, 0) is 12.1 Å². The normalized spacial score (nSPS) is 10.3. The second-order valence-electron chi connectivity index (χ2n) is 2.95. The number of hydrogen-bond acceptors (Lipinski definition) is 3. The number of methoxy groups -OCH3 is 1. The molecule has 0 N–H and O–H groups in total. The summed E-state index contributed by atoms with van der Waals surface area (Å²) in [5, 5.41) is 0. The number of oxazole rings is 1. The molecule has 15 heavy (non-hydrogen) atoms. The third-order valence-electron chi connectivity index (χ3n) is 2.04. The van der Waals surface area contributed by atoms with Crippen LogP contribution in [0, 0.1) is 0 Å². The molecule has 3 nitrogen and oxygen atoms in total. The van der Waals surface area contributed by atoms with Crippen molar-refractivity contribution in [1.29, 1.82) is 0 Å². The van der Waals surface area contributed by atoms with E-state index in [0.717, 1.165) is 11.3 Å². The minimum atomic E-state index is 0.273. The second kappa shape index (κ2) is 4.36. The summed E-state index contributed by atoms with van der Waals surface area (Å²) in [7, 11) is 1.62. The van der Waals surface area contributed by atoms with Crippen molar-refractivity contribution in [2.45, 2.75) is 5.88 Å². The summed E-state index contributed by atoms with van der Waals surface area (Å²) in [6, 6.07) is 7.61. The molecule has 1 heterocycles. The lowest BCUT2D eigenvalue weighted by Crippen LogP contribution is -1.85. The molecule has 1 aromatic carbocycles. The SMILES string of the molecule is COc1ccccc1-c1cnc(CCl)o1.